The molecule has 1 saturated carbocycles. The average Bonchev–Trinajstić information content (AvgIpc) is 3.29. The summed E-state index contributed by atoms with van der Waals surface area (Å²) in [5.41, 5.74) is 0.574. The van der Waals surface area contributed by atoms with E-state index in [2.05, 4.69) is 5.32 Å². The summed E-state index contributed by atoms with van der Waals surface area (Å²) in [5.74, 6) is -0.339. The second-order valence-electron chi connectivity index (χ2n) is 8.29. The van der Waals surface area contributed by atoms with Gasteiger partial charge in [-0.25, -0.2) is 0 Å². The third kappa shape index (κ3) is 5.47. The number of amides is 2. The molecule has 1 aliphatic heterocycles. The van der Waals surface area contributed by atoms with Crippen LogP contribution in [0.3, 0.4) is 0 Å². The lowest BCUT2D eigenvalue weighted by molar-refractivity contribution is -0.150. The lowest BCUT2D eigenvalue weighted by Gasteiger charge is -2.28. The van der Waals surface area contributed by atoms with Crippen LogP contribution in [0.2, 0.25) is 0 Å². The Hall–Kier alpha value is -2.46. The smallest absolute Gasteiger partial charge is 0.252 e. The molecule has 1 fully saturated rings. The molecule has 176 valence electrons. The van der Waals surface area contributed by atoms with Gasteiger partial charge >= 0.3 is 0 Å². The number of carbonyl (C=O) groups is 2. The van der Waals surface area contributed by atoms with E-state index in [1.165, 1.54) is 18.1 Å². The molecule has 4 N–H and O–H groups in total. The van der Waals surface area contributed by atoms with Crippen LogP contribution in [0.4, 0.5) is 5.69 Å². The number of para-hydroxylation sites is 2. The van der Waals surface area contributed by atoms with Gasteiger partial charge in [-0.1, -0.05) is 37.1 Å². The molecule has 1 aliphatic carbocycles. The first-order chi connectivity index (χ1) is 15.3. The van der Waals surface area contributed by atoms with E-state index >= 15 is 0 Å². The number of allylic oxidation sites excluding steroid dienone is 1. The van der Waals surface area contributed by atoms with Gasteiger partial charge in [0.15, 0.2) is 6.10 Å². The van der Waals surface area contributed by atoms with Crippen molar-refractivity contribution in [2.45, 2.75) is 56.1 Å². The van der Waals surface area contributed by atoms with Crippen molar-refractivity contribution in [3.8, 4) is 5.75 Å². The Labute approximate surface area is 187 Å². The third-order valence-corrected chi connectivity index (χ3v) is 6.08. The van der Waals surface area contributed by atoms with Gasteiger partial charge in [-0.05, 0) is 30.9 Å². The predicted octanol–water partition coefficient (Wildman–Crippen LogP) is 0.371. The SMILES string of the molecule is CO[C@@H](C(=O)NC1COc2ccccc2N(C)C1=O)[C@H](O)[C@@H](O)[C@H](O)/C=C/C1CCCC1. The topological polar surface area (TPSA) is 129 Å². The number of hydrogen-bond donors (Lipinski definition) is 4. The molecular formula is C23H32N2O7. The lowest BCUT2D eigenvalue weighted by Crippen LogP contribution is -2.56. The van der Waals surface area contributed by atoms with Crippen LogP contribution >= 0.6 is 0 Å². The number of ether oxygens (including phenoxy) is 2. The number of methoxy groups -OCH3 is 1. The minimum absolute atomic E-state index is 0.103. The molecule has 5 atom stereocenters. The summed E-state index contributed by atoms with van der Waals surface area (Å²) in [4.78, 5) is 27.0. The molecule has 1 aromatic carbocycles. The molecule has 1 heterocycles. The maximum Gasteiger partial charge on any atom is 0.252 e. The molecule has 2 amide bonds. The highest BCUT2D eigenvalue weighted by molar-refractivity contribution is 6.01. The van der Waals surface area contributed by atoms with Crippen molar-refractivity contribution in [1.82, 2.24) is 5.32 Å². The Bertz CT molecular complexity index is 824. The molecule has 1 unspecified atom stereocenters. The molecule has 0 radical (unpaired) electrons. The molecule has 0 aromatic heterocycles. The van der Waals surface area contributed by atoms with Crippen LogP contribution in [0.15, 0.2) is 36.4 Å². The Morgan fingerprint density at radius 3 is 2.59 bits per heavy atom. The van der Waals surface area contributed by atoms with Gasteiger partial charge in [0, 0.05) is 14.2 Å². The van der Waals surface area contributed by atoms with Crippen LogP contribution < -0.4 is 15.0 Å². The quantitative estimate of drug-likeness (QED) is 0.423. The molecule has 0 saturated heterocycles. The Morgan fingerprint density at radius 1 is 1.22 bits per heavy atom. The molecule has 32 heavy (non-hydrogen) atoms. The number of nitrogens with zero attached hydrogens (tertiary/aromatic N) is 1. The van der Waals surface area contributed by atoms with Gasteiger partial charge < -0.3 is 35.0 Å². The first kappa shape index (κ1) is 24.2. The van der Waals surface area contributed by atoms with Crippen LogP contribution in [0.25, 0.3) is 0 Å². The second kappa shape index (κ2) is 10.9. The van der Waals surface area contributed by atoms with Crippen molar-refractivity contribution < 1.29 is 34.4 Å². The van der Waals surface area contributed by atoms with Crippen molar-refractivity contribution in [2.24, 2.45) is 5.92 Å². The number of likely N-dealkylation sites (N-methyl/N-ethyl adjacent to an activating group) is 1. The van der Waals surface area contributed by atoms with Crippen molar-refractivity contribution in [3.63, 3.8) is 0 Å². The van der Waals surface area contributed by atoms with E-state index in [9.17, 15) is 24.9 Å². The van der Waals surface area contributed by atoms with Gasteiger partial charge in [-0.3, -0.25) is 9.59 Å². The standard InChI is InChI=1S/C23H32N2O7/c1-25-16-9-5-6-10-18(16)32-13-15(23(25)30)24-22(29)21(31-2)20(28)19(27)17(26)12-11-14-7-3-4-8-14/h5-6,9-12,14-15,17,19-21,26-28H,3-4,7-8,13H2,1-2H3,(H,24,29)/b12-11+/t15?,17-,19+,20-,21-/m1/s1. The number of hydrogen-bond acceptors (Lipinski definition) is 7. The highest BCUT2D eigenvalue weighted by Crippen LogP contribution is 2.30. The Morgan fingerprint density at radius 2 is 1.91 bits per heavy atom. The number of rotatable bonds is 8. The Balaban J connectivity index is 1.62. The summed E-state index contributed by atoms with van der Waals surface area (Å²) in [6.07, 6.45) is 1.40. The van der Waals surface area contributed by atoms with E-state index in [0.29, 0.717) is 17.4 Å². The second-order valence-corrected chi connectivity index (χ2v) is 8.29. The Kier molecular flexibility index (Phi) is 8.25. The van der Waals surface area contributed by atoms with E-state index in [1.807, 2.05) is 6.08 Å². The van der Waals surface area contributed by atoms with Gasteiger partial charge in [0.25, 0.3) is 11.8 Å². The fraction of sp³-hybridized carbons (Fsp3) is 0.565. The first-order valence-electron chi connectivity index (χ1n) is 10.9. The number of benzene rings is 1. The molecule has 1 aromatic rings. The van der Waals surface area contributed by atoms with Crippen molar-refractivity contribution in [2.75, 3.05) is 25.7 Å². The van der Waals surface area contributed by atoms with Crippen LogP contribution in [0.5, 0.6) is 5.75 Å². The van der Waals surface area contributed by atoms with Gasteiger partial charge in [-0.15, -0.1) is 0 Å². The van der Waals surface area contributed by atoms with Crippen LogP contribution in [-0.2, 0) is 14.3 Å². The van der Waals surface area contributed by atoms with Crippen LogP contribution in [0, 0.1) is 5.92 Å². The molecule has 0 spiro atoms. The van der Waals surface area contributed by atoms with Gasteiger partial charge in [-0.2, -0.15) is 0 Å². The summed E-state index contributed by atoms with van der Waals surface area (Å²) in [5, 5.41) is 33.6. The van der Waals surface area contributed by atoms with Crippen LogP contribution in [-0.4, -0.2) is 78.4 Å². The first-order valence-corrected chi connectivity index (χ1v) is 10.9. The zero-order valence-electron chi connectivity index (χ0n) is 18.4. The van der Waals surface area contributed by atoms with Crippen molar-refractivity contribution in [1.29, 1.82) is 0 Å². The number of carbonyl (C=O) groups excluding carboxylic acids is 2. The highest BCUT2D eigenvalue weighted by atomic mass is 16.5. The number of anilines is 1. The zero-order valence-corrected chi connectivity index (χ0v) is 18.4. The van der Waals surface area contributed by atoms with E-state index in [-0.39, 0.29) is 6.61 Å². The van der Waals surface area contributed by atoms with Crippen LogP contribution in [0.1, 0.15) is 25.7 Å². The fourth-order valence-electron chi connectivity index (χ4n) is 4.13. The van der Waals surface area contributed by atoms with Gasteiger partial charge in [0.05, 0.1) is 5.69 Å². The lowest BCUT2D eigenvalue weighted by atomic mass is 9.99. The summed E-state index contributed by atoms with van der Waals surface area (Å²) in [6, 6.07) is 5.99. The summed E-state index contributed by atoms with van der Waals surface area (Å²) < 4.78 is 10.8. The largest absolute Gasteiger partial charge is 0.489 e. The maximum absolute atomic E-state index is 12.8. The minimum atomic E-state index is -1.71. The van der Waals surface area contributed by atoms with Gasteiger partial charge in [0.1, 0.15) is 36.7 Å². The van der Waals surface area contributed by atoms with Gasteiger partial charge in [0.2, 0.25) is 0 Å². The maximum atomic E-state index is 12.8. The predicted molar refractivity (Wildman–Crippen MR) is 117 cm³/mol. The summed E-state index contributed by atoms with van der Waals surface area (Å²) in [6.45, 7) is -0.103. The third-order valence-electron chi connectivity index (χ3n) is 6.08. The zero-order chi connectivity index (χ0) is 23.3. The molecular weight excluding hydrogens is 416 g/mol. The molecule has 9 nitrogen and oxygen atoms in total. The summed E-state index contributed by atoms with van der Waals surface area (Å²) in [7, 11) is 2.78. The molecule has 3 rings (SSSR count). The van der Waals surface area contributed by atoms with E-state index in [0.717, 1.165) is 25.7 Å². The van der Waals surface area contributed by atoms with Crippen molar-refractivity contribution in [3.05, 3.63) is 36.4 Å². The monoisotopic (exact) mass is 448 g/mol. The summed E-state index contributed by atoms with van der Waals surface area (Å²) >= 11 is 0. The average molecular weight is 449 g/mol. The van der Waals surface area contributed by atoms with Crippen molar-refractivity contribution >= 4 is 17.5 Å². The normalized spacial score (nSPS) is 23.2. The molecule has 9 heteroatoms. The molecule has 0 bridgehead atoms. The fourth-order valence-corrected chi connectivity index (χ4v) is 4.13. The number of nitrogens with one attached hydrogen (secondary N) is 1. The van der Waals surface area contributed by atoms with E-state index in [1.54, 1.807) is 31.3 Å². The highest BCUT2D eigenvalue weighted by Gasteiger charge is 2.38. The number of fused-ring (bicyclic) bond motifs is 1. The minimum Gasteiger partial charge on any atom is -0.489 e. The van der Waals surface area contributed by atoms with E-state index < -0.39 is 42.3 Å². The van der Waals surface area contributed by atoms with E-state index in [4.69, 9.17) is 9.47 Å². The number of aliphatic hydroxyl groups is 3. The number of aliphatic hydroxyl groups excluding tert-OH is 3. The molecule has 2 aliphatic rings.